The molecule has 1 fully saturated rings. The van der Waals surface area contributed by atoms with Crippen LogP contribution in [-0.4, -0.2) is 62.2 Å². The van der Waals surface area contributed by atoms with Crippen LogP contribution in [0.2, 0.25) is 0 Å². The summed E-state index contributed by atoms with van der Waals surface area (Å²) in [5.74, 6) is 0.766. The number of amides is 3. The molecule has 28 heavy (non-hydrogen) atoms. The number of benzene rings is 1. The van der Waals surface area contributed by atoms with Crippen molar-refractivity contribution in [2.75, 3.05) is 38.2 Å². The lowest BCUT2D eigenvalue weighted by Crippen LogP contribution is -2.46. The summed E-state index contributed by atoms with van der Waals surface area (Å²) < 4.78 is 5.15. The zero-order valence-electron chi connectivity index (χ0n) is 17.5. The molecule has 2 atom stereocenters. The van der Waals surface area contributed by atoms with Gasteiger partial charge >= 0.3 is 6.03 Å². The molecule has 1 aromatic rings. The van der Waals surface area contributed by atoms with E-state index in [-0.39, 0.29) is 24.0 Å². The molecule has 0 unspecified atom stereocenters. The fourth-order valence-electron chi connectivity index (χ4n) is 3.50. The first-order chi connectivity index (χ1) is 13.5. The van der Waals surface area contributed by atoms with E-state index in [1.807, 2.05) is 31.2 Å². The number of hydrogen-bond donors (Lipinski definition) is 2. The summed E-state index contributed by atoms with van der Waals surface area (Å²) in [6.45, 7) is 9.99. The van der Waals surface area contributed by atoms with E-state index in [9.17, 15) is 9.59 Å². The van der Waals surface area contributed by atoms with Crippen molar-refractivity contribution in [3.8, 4) is 5.75 Å². The fourth-order valence-corrected chi connectivity index (χ4v) is 3.50. The van der Waals surface area contributed by atoms with Gasteiger partial charge in [0.25, 0.3) is 0 Å². The molecule has 1 heterocycles. The first-order valence-electron chi connectivity index (χ1n) is 10.2. The predicted octanol–water partition coefficient (Wildman–Crippen LogP) is 2.61. The first-order valence-corrected chi connectivity index (χ1v) is 10.2. The van der Waals surface area contributed by atoms with E-state index in [1.54, 1.807) is 12.0 Å². The molecule has 1 saturated heterocycles. The van der Waals surface area contributed by atoms with Crippen molar-refractivity contribution in [2.24, 2.45) is 0 Å². The Labute approximate surface area is 168 Å². The van der Waals surface area contributed by atoms with Gasteiger partial charge in [0.2, 0.25) is 5.91 Å². The summed E-state index contributed by atoms with van der Waals surface area (Å²) in [7, 11) is 1.61. The van der Waals surface area contributed by atoms with Gasteiger partial charge in [-0.3, -0.25) is 4.79 Å². The van der Waals surface area contributed by atoms with Gasteiger partial charge in [0, 0.05) is 24.7 Å². The third-order valence-corrected chi connectivity index (χ3v) is 5.23. The summed E-state index contributed by atoms with van der Waals surface area (Å²) in [5.41, 5.74) is 0.820. The lowest BCUT2D eigenvalue weighted by Gasteiger charge is -2.21. The smallest absolute Gasteiger partial charge is 0.315 e. The molecule has 0 spiro atoms. The van der Waals surface area contributed by atoms with Gasteiger partial charge in [0.1, 0.15) is 5.75 Å². The molecule has 1 aliphatic heterocycles. The van der Waals surface area contributed by atoms with Crippen LogP contribution in [0.1, 0.15) is 40.0 Å². The van der Waals surface area contributed by atoms with Crippen molar-refractivity contribution < 1.29 is 14.3 Å². The molecule has 1 aliphatic rings. The maximum absolute atomic E-state index is 12.3. The van der Waals surface area contributed by atoms with Crippen LogP contribution in [-0.2, 0) is 4.79 Å². The number of carbonyl (C=O) groups excluding carboxylic acids is 2. The van der Waals surface area contributed by atoms with Crippen LogP contribution in [0.15, 0.2) is 24.3 Å². The number of carbonyl (C=O) groups is 2. The SMILES string of the molecule is CCN(CC)CCC[C@H](C)NC(=O)N[C@H]1CC(=O)N(c2ccc(OC)cc2)C1. The van der Waals surface area contributed by atoms with Crippen LogP contribution < -0.4 is 20.3 Å². The number of nitrogens with one attached hydrogen (secondary N) is 2. The summed E-state index contributed by atoms with van der Waals surface area (Å²) >= 11 is 0. The highest BCUT2D eigenvalue weighted by Crippen LogP contribution is 2.24. The first kappa shape index (κ1) is 22.0. The lowest BCUT2D eigenvalue weighted by molar-refractivity contribution is -0.117. The van der Waals surface area contributed by atoms with Gasteiger partial charge in [-0.15, -0.1) is 0 Å². The Hall–Kier alpha value is -2.28. The minimum atomic E-state index is -0.204. The molecule has 0 aliphatic carbocycles. The summed E-state index contributed by atoms with van der Waals surface area (Å²) in [5, 5.41) is 5.92. The Balaban J connectivity index is 1.75. The Bertz CT molecular complexity index is 631. The predicted molar refractivity (Wildman–Crippen MR) is 112 cm³/mol. The normalized spacial score (nSPS) is 17.7. The lowest BCUT2D eigenvalue weighted by atomic mass is 10.2. The topological polar surface area (TPSA) is 73.9 Å². The molecule has 0 radical (unpaired) electrons. The van der Waals surface area contributed by atoms with Crippen LogP contribution in [0.5, 0.6) is 5.75 Å². The van der Waals surface area contributed by atoms with Gasteiger partial charge in [0.15, 0.2) is 0 Å². The number of methoxy groups -OCH3 is 1. The van der Waals surface area contributed by atoms with E-state index in [4.69, 9.17) is 4.74 Å². The maximum Gasteiger partial charge on any atom is 0.315 e. The molecule has 1 aromatic carbocycles. The minimum Gasteiger partial charge on any atom is -0.497 e. The molecule has 156 valence electrons. The minimum absolute atomic E-state index is 0.0164. The Morgan fingerprint density at radius 3 is 2.57 bits per heavy atom. The van der Waals surface area contributed by atoms with Crippen molar-refractivity contribution >= 4 is 17.6 Å². The monoisotopic (exact) mass is 390 g/mol. The summed E-state index contributed by atoms with van der Waals surface area (Å²) in [4.78, 5) is 28.7. The molecular formula is C21H34N4O3. The molecule has 2 rings (SSSR count). The van der Waals surface area contributed by atoms with E-state index >= 15 is 0 Å². The second kappa shape index (κ2) is 10.9. The largest absolute Gasteiger partial charge is 0.497 e. The summed E-state index contributed by atoms with van der Waals surface area (Å²) in [6, 6.07) is 7.09. The van der Waals surface area contributed by atoms with Crippen LogP contribution >= 0.6 is 0 Å². The molecule has 3 amide bonds. The number of rotatable bonds is 10. The highest BCUT2D eigenvalue weighted by molar-refractivity contribution is 5.96. The highest BCUT2D eigenvalue weighted by atomic mass is 16.5. The average Bonchev–Trinajstić information content (AvgIpc) is 3.05. The number of nitrogens with zero attached hydrogens (tertiary/aromatic N) is 2. The van der Waals surface area contributed by atoms with Crippen LogP contribution in [0.4, 0.5) is 10.5 Å². The van der Waals surface area contributed by atoms with Crippen molar-refractivity contribution in [3.63, 3.8) is 0 Å². The van der Waals surface area contributed by atoms with E-state index in [0.29, 0.717) is 13.0 Å². The van der Waals surface area contributed by atoms with E-state index in [2.05, 4.69) is 29.4 Å². The van der Waals surface area contributed by atoms with Crippen molar-refractivity contribution in [3.05, 3.63) is 24.3 Å². The van der Waals surface area contributed by atoms with E-state index in [1.165, 1.54) is 0 Å². The number of hydrogen-bond acceptors (Lipinski definition) is 4. The maximum atomic E-state index is 12.3. The Morgan fingerprint density at radius 2 is 1.96 bits per heavy atom. The van der Waals surface area contributed by atoms with Crippen molar-refractivity contribution in [1.82, 2.24) is 15.5 Å². The highest BCUT2D eigenvalue weighted by Gasteiger charge is 2.31. The third kappa shape index (κ3) is 6.41. The van der Waals surface area contributed by atoms with Crippen LogP contribution in [0.3, 0.4) is 0 Å². The second-order valence-corrected chi connectivity index (χ2v) is 7.29. The molecule has 7 heteroatoms. The van der Waals surface area contributed by atoms with Gasteiger partial charge < -0.3 is 25.2 Å². The van der Waals surface area contributed by atoms with Crippen molar-refractivity contribution in [2.45, 2.75) is 52.1 Å². The zero-order valence-corrected chi connectivity index (χ0v) is 17.5. The van der Waals surface area contributed by atoms with Gasteiger partial charge in [-0.05, 0) is 63.7 Å². The Morgan fingerprint density at radius 1 is 1.29 bits per heavy atom. The fraction of sp³-hybridized carbons (Fsp3) is 0.619. The van der Waals surface area contributed by atoms with E-state index in [0.717, 1.165) is 43.9 Å². The number of anilines is 1. The zero-order chi connectivity index (χ0) is 20.5. The van der Waals surface area contributed by atoms with E-state index < -0.39 is 0 Å². The van der Waals surface area contributed by atoms with Crippen LogP contribution in [0, 0.1) is 0 Å². The molecule has 2 N–H and O–H groups in total. The third-order valence-electron chi connectivity index (χ3n) is 5.23. The number of urea groups is 1. The molecule has 0 saturated carbocycles. The van der Waals surface area contributed by atoms with Gasteiger partial charge in [-0.1, -0.05) is 13.8 Å². The second-order valence-electron chi connectivity index (χ2n) is 7.29. The molecule has 0 bridgehead atoms. The molecule has 7 nitrogen and oxygen atoms in total. The number of ether oxygens (including phenoxy) is 1. The standard InChI is InChI=1S/C21H34N4O3/c1-5-24(6-2)13-7-8-16(3)22-21(27)23-17-14-20(26)25(15-17)18-9-11-19(28-4)12-10-18/h9-12,16-17H,5-8,13-15H2,1-4H3,(H2,22,23,27)/t16-,17-/m0/s1. The van der Waals surface area contributed by atoms with Gasteiger partial charge in [-0.25, -0.2) is 4.79 Å². The van der Waals surface area contributed by atoms with Crippen molar-refractivity contribution in [1.29, 1.82) is 0 Å². The van der Waals surface area contributed by atoms with Gasteiger partial charge in [-0.2, -0.15) is 0 Å². The molecular weight excluding hydrogens is 356 g/mol. The Kier molecular flexibility index (Phi) is 8.57. The van der Waals surface area contributed by atoms with Crippen LogP contribution in [0.25, 0.3) is 0 Å². The quantitative estimate of drug-likeness (QED) is 0.644. The summed E-state index contributed by atoms with van der Waals surface area (Å²) in [6.07, 6.45) is 2.30. The average molecular weight is 391 g/mol. The molecule has 0 aromatic heterocycles. The van der Waals surface area contributed by atoms with Gasteiger partial charge in [0.05, 0.1) is 13.2 Å².